The normalized spacial score (nSPS) is 25.0. The Kier molecular flexibility index (Phi) is 8.63. The standard InChI is InChI=1S/C37H41F2N7O6/c1-3-25-27(39)7-6-23-14-24(52-35(49)50-2)15-29(30(23)25)44-13-8-26-28(19-44)40-34(51-21-36-9-4-12-46(36)18-22(16-36)17-38)41-31(26)45-11-5-10-37(20-45)32(47)42-33(48)43-37/h6-7,14-15,17H,3-5,8-13,16,18-21H2,1-2H3,(H2,42,43,47,48)/b22-17-/t36-,37+/m0/s1. The zero-order valence-corrected chi connectivity index (χ0v) is 29.2. The number of amides is 3. The maximum absolute atomic E-state index is 15.3. The molecule has 52 heavy (non-hydrogen) atoms. The van der Waals surface area contributed by atoms with Gasteiger partial charge < -0.3 is 29.3 Å². The van der Waals surface area contributed by atoms with Gasteiger partial charge in [-0.15, -0.1) is 0 Å². The minimum Gasteiger partial charge on any atom is -0.461 e. The summed E-state index contributed by atoms with van der Waals surface area (Å²) in [4.78, 5) is 53.7. The second-order valence-electron chi connectivity index (χ2n) is 14.4. The number of benzene rings is 2. The Bertz CT molecular complexity index is 2010. The lowest BCUT2D eigenvalue weighted by Gasteiger charge is -2.40. The number of carbonyl (C=O) groups is 3. The molecular formula is C37H41F2N7O6. The highest BCUT2D eigenvalue weighted by atomic mass is 19.1. The van der Waals surface area contributed by atoms with Crippen molar-refractivity contribution in [2.24, 2.45) is 0 Å². The first kappa shape index (κ1) is 34.1. The lowest BCUT2D eigenvalue weighted by atomic mass is 9.88. The fraction of sp³-hybridized carbons (Fsp3) is 0.486. The molecule has 1 spiro atoms. The van der Waals surface area contributed by atoms with Crippen LogP contribution in [-0.2, 0) is 28.9 Å². The van der Waals surface area contributed by atoms with Gasteiger partial charge in [0, 0.05) is 42.3 Å². The fourth-order valence-corrected chi connectivity index (χ4v) is 8.88. The molecule has 6 heterocycles. The highest BCUT2D eigenvalue weighted by Gasteiger charge is 2.50. The van der Waals surface area contributed by atoms with Gasteiger partial charge in [-0.25, -0.2) is 18.4 Å². The van der Waals surface area contributed by atoms with Crippen LogP contribution in [0, 0.1) is 5.82 Å². The number of nitrogens with zero attached hydrogens (tertiary/aromatic N) is 5. The summed E-state index contributed by atoms with van der Waals surface area (Å²) in [6.07, 6.45) is 4.38. The molecule has 1 aromatic heterocycles. The molecule has 5 aliphatic heterocycles. The van der Waals surface area contributed by atoms with E-state index < -0.39 is 17.7 Å². The van der Waals surface area contributed by atoms with E-state index in [-0.39, 0.29) is 42.2 Å². The third kappa shape index (κ3) is 5.84. The molecule has 0 aliphatic carbocycles. The summed E-state index contributed by atoms with van der Waals surface area (Å²) in [5.74, 6) is 0.217. The van der Waals surface area contributed by atoms with Crippen LogP contribution in [0.3, 0.4) is 0 Å². The van der Waals surface area contributed by atoms with Crippen molar-refractivity contribution in [3.63, 3.8) is 0 Å². The summed E-state index contributed by atoms with van der Waals surface area (Å²) in [5.41, 5.74) is 2.15. The Morgan fingerprint density at radius 2 is 1.92 bits per heavy atom. The minimum absolute atomic E-state index is 0.168. The number of carbonyl (C=O) groups excluding carboxylic acids is 3. The van der Waals surface area contributed by atoms with Gasteiger partial charge in [0.15, 0.2) is 0 Å². The Morgan fingerprint density at radius 1 is 1.08 bits per heavy atom. The van der Waals surface area contributed by atoms with Gasteiger partial charge in [-0.3, -0.25) is 15.0 Å². The van der Waals surface area contributed by atoms with Crippen molar-refractivity contribution in [1.29, 1.82) is 0 Å². The number of methoxy groups -OCH3 is 1. The lowest BCUT2D eigenvalue weighted by Crippen LogP contribution is -2.59. The number of aryl methyl sites for hydroxylation is 1. The van der Waals surface area contributed by atoms with Crippen LogP contribution in [0.1, 0.15) is 55.8 Å². The van der Waals surface area contributed by atoms with Crippen molar-refractivity contribution in [3.05, 3.63) is 58.8 Å². The van der Waals surface area contributed by atoms with Gasteiger partial charge in [0.1, 0.15) is 29.5 Å². The molecule has 2 N–H and O–H groups in total. The molecular weight excluding hydrogens is 676 g/mol. The Balaban J connectivity index is 1.18. The van der Waals surface area contributed by atoms with E-state index in [1.165, 1.54) is 13.2 Å². The molecule has 0 radical (unpaired) electrons. The van der Waals surface area contributed by atoms with Gasteiger partial charge in [-0.1, -0.05) is 13.0 Å². The van der Waals surface area contributed by atoms with Gasteiger partial charge in [-0.2, -0.15) is 9.97 Å². The molecule has 8 rings (SSSR count). The predicted octanol–water partition coefficient (Wildman–Crippen LogP) is 4.69. The second kappa shape index (κ2) is 13.2. The third-order valence-electron chi connectivity index (χ3n) is 11.3. The SMILES string of the molecule is CCc1c(F)ccc2cc(OC(=O)OC)cc(N3CCc4c(nc(OC[C@@]56CCCN5C/C(=C\F)C6)nc4N4CCC[C@]5(C4)NC(=O)NC5=O)C3)c12. The first-order valence-corrected chi connectivity index (χ1v) is 17.8. The second-order valence-corrected chi connectivity index (χ2v) is 14.4. The van der Waals surface area contributed by atoms with Crippen LogP contribution in [-0.4, -0.2) is 90.5 Å². The topological polar surface area (TPSA) is 138 Å². The van der Waals surface area contributed by atoms with Crippen LogP contribution in [0.5, 0.6) is 11.8 Å². The van der Waals surface area contributed by atoms with E-state index >= 15 is 4.39 Å². The Labute approximate surface area is 299 Å². The summed E-state index contributed by atoms with van der Waals surface area (Å²) >= 11 is 0. The van der Waals surface area contributed by atoms with Crippen LogP contribution in [0.15, 0.2) is 36.2 Å². The third-order valence-corrected chi connectivity index (χ3v) is 11.3. The van der Waals surface area contributed by atoms with Crippen molar-refractivity contribution in [2.45, 2.75) is 69.5 Å². The van der Waals surface area contributed by atoms with Crippen molar-refractivity contribution in [2.75, 3.05) is 56.2 Å². The summed E-state index contributed by atoms with van der Waals surface area (Å²) < 4.78 is 45.6. The molecule has 5 aliphatic rings. The number of aromatic nitrogens is 2. The van der Waals surface area contributed by atoms with E-state index in [1.807, 2.05) is 11.8 Å². The highest BCUT2D eigenvalue weighted by Crippen LogP contribution is 2.43. The van der Waals surface area contributed by atoms with E-state index in [9.17, 15) is 18.8 Å². The number of ether oxygens (including phenoxy) is 3. The first-order chi connectivity index (χ1) is 25.1. The van der Waals surface area contributed by atoms with Gasteiger partial charge >= 0.3 is 18.2 Å². The summed E-state index contributed by atoms with van der Waals surface area (Å²) in [7, 11) is 1.23. The van der Waals surface area contributed by atoms with Crippen molar-refractivity contribution in [1.82, 2.24) is 25.5 Å². The quantitative estimate of drug-likeness (QED) is 0.200. The number of imide groups is 1. The Morgan fingerprint density at radius 3 is 2.69 bits per heavy atom. The monoisotopic (exact) mass is 717 g/mol. The maximum Gasteiger partial charge on any atom is 0.513 e. The van der Waals surface area contributed by atoms with Gasteiger partial charge in [0.05, 0.1) is 37.8 Å². The van der Waals surface area contributed by atoms with E-state index in [1.54, 1.807) is 18.2 Å². The van der Waals surface area contributed by atoms with Gasteiger partial charge in [0.25, 0.3) is 5.91 Å². The van der Waals surface area contributed by atoms with E-state index in [0.717, 1.165) is 30.5 Å². The van der Waals surface area contributed by atoms with Crippen LogP contribution >= 0.6 is 0 Å². The molecule has 0 saturated carbocycles. The van der Waals surface area contributed by atoms with Crippen molar-refractivity contribution < 1.29 is 37.4 Å². The van der Waals surface area contributed by atoms with Crippen LogP contribution in [0.25, 0.3) is 10.8 Å². The number of piperidine rings is 1. The number of hydrogen-bond acceptors (Lipinski definition) is 11. The molecule has 274 valence electrons. The lowest BCUT2D eigenvalue weighted by molar-refractivity contribution is -0.124. The zero-order valence-electron chi connectivity index (χ0n) is 29.2. The maximum atomic E-state index is 15.3. The smallest absolute Gasteiger partial charge is 0.461 e. The molecule has 2 aromatic carbocycles. The van der Waals surface area contributed by atoms with E-state index in [2.05, 4.69) is 20.4 Å². The largest absolute Gasteiger partial charge is 0.513 e. The minimum atomic E-state index is -1.07. The number of hydrogen-bond donors (Lipinski definition) is 2. The number of urea groups is 1. The van der Waals surface area contributed by atoms with Crippen LogP contribution in [0.2, 0.25) is 0 Å². The summed E-state index contributed by atoms with van der Waals surface area (Å²) in [5, 5.41) is 6.67. The van der Waals surface area contributed by atoms with Gasteiger partial charge in [-0.05, 0) is 80.1 Å². The fourth-order valence-electron chi connectivity index (χ4n) is 8.88. The number of halogens is 2. The molecule has 13 nitrogen and oxygen atoms in total. The van der Waals surface area contributed by atoms with Crippen molar-refractivity contribution >= 4 is 40.4 Å². The average Bonchev–Trinajstić information content (AvgIpc) is 3.78. The first-order valence-electron chi connectivity index (χ1n) is 17.8. The molecule has 3 aromatic rings. The Hall–Kier alpha value is -5.05. The summed E-state index contributed by atoms with van der Waals surface area (Å²) in [6, 6.07) is 6.17. The number of rotatable bonds is 7. The van der Waals surface area contributed by atoms with E-state index in [0.29, 0.717) is 98.1 Å². The zero-order chi connectivity index (χ0) is 36.2. The number of nitrogens with one attached hydrogen (secondary N) is 2. The molecule has 15 heteroatoms. The molecule has 0 bridgehead atoms. The molecule has 4 saturated heterocycles. The highest BCUT2D eigenvalue weighted by molar-refractivity contribution is 6.07. The summed E-state index contributed by atoms with van der Waals surface area (Å²) in [6.45, 7) is 5.27. The van der Waals surface area contributed by atoms with Crippen LogP contribution < -0.4 is 29.9 Å². The van der Waals surface area contributed by atoms with Gasteiger partial charge in [0.2, 0.25) is 0 Å². The molecule has 2 atom stereocenters. The number of fused-ring (bicyclic) bond motifs is 3. The van der Waals surface area contributed by atoms with Crippen LogP contribution in [0.4, 0.5) is 29.9 Å². The van der Waals surface area contributed by atoms with Crippen molar-refractivity contribution in [3.8, 4) is 11.8 Å². The molecule has 3 amide bonds. The average molecular weight is 718 g/mol. The predicted molar refractivity (Wildman–Crippen MR) is 187 cm³/mol. The molecule has 4 fully saturated rings. The molecule has 0 unspecified atom stereocenters. The van der Waals surface area contributed by atoms with E-state index in [4.69, 9.17) is 24.2 Å². The number of anilines is 2.